The van der Waals surface area contributed by atoms with Crippen molar-refractivity contribution in [2.24, 2.45) is 5.73 Å². The van der Waals surface area contributed by atoms with Crippen LogP contribution < -0.4 is 21.7 Å². The first-order valence-corrected chi connectivity index (χ1v) is 10.6. The quantitative estimate of drug-likeness (QED) is 0.156. The van der Waals surface area contributed by atoms with Crippen molar-refractivity contribution in [3.05, 3.63) is 112 Å². The number of carbonyl (C=O) groups excluding carboxylic acids is 1. The molecule has 176 valence electrons. The Morgan fingerprint density at radius 1 is 1.12 bits per heavy atom. The summed E-state index contributed by atoms with van der Waals surface area (Å²) in [5, 5.41) is 30.3. The van der Waals surface area contributed by atoms with Gasteiger partial charge in [-0.3, -0.25) is 19.9 Å². The number of rotatable bonds is 12. The van der Waals surface area contributed by atoms with Crippen LogP contribution in [0.5, 0.6) is 0 Å². The molecular formula is C24H26N6O4. The molecule has 0 aliphatic rings. The van der Waals surface area contributed by atoms with E-state index in [1.165, 1.54) is 6.07 Å². The Bertz CT molecular complexity index is 1140. The van der Waals surface area contributed by atoms with E-state index < -0.39 is 16.9 Å². The summed E-state index contributed by atoms with van der Waals surface area (Å²) in [6, 6.07) is 17.4. The first-order valence-electron chi connectivity index (χ1n) is 10.6. The van der Waals surface area contributed by atoms with Gasteiger partial charge in [-0.15, -0.1) is 0 Å². The van der Waals surface area contributed by atoms with E-state index >= 15 is 0 Å². The number of nitro groups is 1. The summed E-state index contributed by atoms with van der Waals surface area (Å²) in [6.07, 6.45) is 4.24. The van der Waals surface area contributed by atoms with E-state index in [0.29, 0.717) is 24.5 Å². The number of amides is 1. The van der Waals surface area contributed by atoms with Gasteiger partial charge in [0.2, 0.25) is 5.91 Å². The van der Waals surface area contributed by atoms with Crippen LogP contribution >= 0.6 is 0 Å². The Labute approximate surface area is 196 Å². The second-order valence-corrected chi connectivity index (χ2v) is 7.48. The molecule has 3 rings (SSSR count). The number of aromatic nitrogens is 1. The number of nitrogens with one attached hydrogen (secondary N) is 3. The largest absolute Gasteiger partial charge is 0.387 e. The SMILES string of the molecule is NC(=O)c1cccc(N/C(=C\[N+](=O)[O-])Nc2ccc(CCNC[C@H](O)c3cccnc3)cc2)c1. The van der Waals surface area contributed by atoms with Crippen molar-refractivity contribution in [2.75, 3.05) is 23.7 Å². The Morgan fingerprint density at radius 3 is 2.56 bits per heavy atom. The third kappa shape index (κ3) is 7.69. The number of hydrogen-bond acceptors (Lipinski definition) is 8. The number of nitrogens with two attached hydrogens (primary N) is 1. The van der Waals surface area contributed by atoms with Crippen LogP contribution in [-0.4, -0.2) is 34.0 Å². The molecule has 0 aliphatic carbocycles. The molecule has 0 radical (unpaired) electrons. The van der Waals surface area contributed by atoms with Gasteiger partial charge in [0.15, 0.2) is 5.82 Å². The minimum absolute atomic E-state index is 0.130. The van der Waals surface area contributed by atoms with Gasteiger partial charge < -0.3 is 26.8 Å². The highest BCUT2D eigenvalue weighted by atomic mass is 16.6. The molecule has 34 heavy (non-hydrogen) atoms. The molecule has 0 saturated carbocycles. The predicted molar refractivity (Wildman–Crippen MR) is 129 cm³/mol. The van der Waals surface area contributed by atoms with E-state index in [0.717, 1.165) is 23.7 Å². The molecule has 0 saturated heterocycles. The van der Waals surface area contributed by atoms with E-state index in [1.807, 2.05) is 30.3 Å². The molecule has 10 nitrogen and oxygen atoms in total. The van der Waals surface area contributed by atoms with E-state index in [4.69, 9.17) is 5.73 Å². The average molecular weight is 463 g/mol. The third-order valence-electron chi connectivity index (χ3n) is 4.89. The molecule has 2 aromatic carbocycles. The number of nitrogens with zero attached hydrogens (tertiary/aromatic N) is 2. The van der Waals surface area contributed by atoms with E-state index in [-0.39, 0.29) is 11.4 Å². The lowest BCUT2D eigenvalue weighted by Crippen LogP contribution is -2.23. The molecule has 3 aromatic rings. The van der Waals surface area contributed by atoms with Gasteiger partial charge >= 0.3 is 0 Å². The molecule has 6 N–H and O–H groups in total. The normalized spacial score (nSPS) is 12.1. The van der Waals surface area contributed by atoms with Gasteiger partial charge in [0.05, 0.1) is 11.0 Å². The van der Waals surface area contributed by atoms with Gasteiger partial charge in [-0.25, -0.2) is 0 Å². The van der Waals surface area contributed by atoms with Crippen LogP contribution in [0, 0.1) is 10.1 Å². The van der Waals surface area contributed by atoms with Crippen LogP contribution in [0.4, 0.5) is 11.4 Å². The van der Waals surface area contributed by atoms with Crippen molar-refractivity contribution in [3.63, 3.8) is 0 Å². The molecule has 1 atom stereocenters. The van der Waals surface area contributed by atoms with Gasteiger partial charge in [0.1, 0.15) is 0 Å². The Morgan fingerprint density at radius 2 is 1.88 bits per heavy atom. The van der Waals surface area contributed by atoms with Crippen LogP contribution in [-0.2, 0) is 6.42 Å². The molecule has 0 unspecified atom stereocenters. The monoisotopic (exact) mass is 462 g/mol. The Kier molecular flexibility index (Phi) is 8.67. The fourth-order valence-corrected chi connectivity index (χ4v) is 3.18. The van der Waals surface area contributed by atoms with Crippen LogP contribution in [0.1, 0.15) is 27.6 Å². The van der Waals surface area contributed by atoms with Crippen molar-refractivity contribution in [1.29, 1.82) is 0 Å². The van der Waals surface area contributed by atoms with Crippen LogP contribution in [0.25, 0.3) is 0 Å². The molecule has 0 fully saturated rings. The minimum Gasteiger partial charge on any atom is -0.387 e. The van der Waals surface area contributed by atoms with Gasteiger partial charge in [-0.2, -0.15) is 0 Å². The van der Waals surface area contributed by atoms with Gasteiger partial charge in [0, 0.05) is 41.4 Å². The number of hydrogen-bond donors (Lipinski definition) is 5. The highest BCUT2D eigenvalue weighted by Crippen LogP contribution is 2.17. The molecular weight excluding hydrogens is 436 g/mol. The second kappa shape index (κ2) is 12.1. The summed E-state index contributed by atoms with van der Waals surface area (Å²) in [7, 11) is 0. The fraction of sp³-hybridized carbons (Fsp3) is 0.167. The lowest BCUT2D eigenvalue weighted by atomic mass is 10.1. The predicted octanol–water partition coefficient (Wildman–Crippen LogP) is 2.65. The van der Waals surface area contributed by atoms with Crippen molar-refractivity contribution in [2.45, 2.75) is 12.5 Å². The standard InChI is InChI=1S/C24H26N6O4/c25-24(32)18-3-1-5-21(13-18)29-23(16-30(33)34)28-20-8-6-17(7-9-20)10-12-27-15-22(31)19-4-2-11-26-14-19/h1-9,11,13-14,16,22,27-29,31H,10,12,15H2,(H2,25,32)/b23-16-/t22-/m0/s1. The zero-order valence-electron chi connectivity index (χ0n) is 18.3. The number of primary amides is 1. The second-order valence-electron chi connectivity index (χ2n) is 7.48. The maximum Gasteiger partial charge on any atom is 0.274 e. The summed E-state index contributed by atoms with van der Waals surface area (Å²) in [5.74, 6) is -0.460. The topological polar surface area (TPSA) is 155 Å². The molecule has 0 spiro atoms. The average Bonchev–Trinajstić information content (AvgIpc) is 2.83. The highest BCUT2D eigenvalue weighted by molar-refractivity contribution is 5.93. The van der Waals surface area contributed by atoms with Gasteiger partial charge in [-0.05, 0) is 54.9 Å². The molecule has 1 amide bonds. The van der Waals surface area contributed by atoms with Gasteiger partial charge in [-0.1, -0.05) is 24.3 Å². The smallest absolute Gasteiger partial charge is 0.274 e. The zero-order valence-corrected chi connectivity index (χ0v) is 18.3. The number of aliphatic hydroxyl groups is 1. The van der Waals surface area contributed by atoms with Crippen molar-refractivity contribution < 1.29 is 14.8 Å². The number of carbonyl (C=O) groups is 1. The number of aliphatic hydroxyl groups excluding tert-OH is 1. The molecule has 0 bridgehead atoms. The lowest BCUT2D eigenvalue weighted by molar-refractivity contribution is -0.403. The summed E-state index contributed by atoms with van der Waals surface area (Å²) in [5.41, 5.74) is 8.54. The van der Waals surface area contributed by atoms with Crippen molar-refractivity contribution in [3.8, 4) is 0 Å². The molecule has 0 aliphatic heterocycles. The van der Waals surface area contributed by atoms with E-state index in [1.54, 1.807) is 36.7 Å². The maximum absolute atomic E-state index is 11.4. The van der Waals surface area contributed by atoms with Gasteiger partial charge in [0.25, 0.3) is 6.20 Å². The maximum atomic E-state index is 11.4. The Balaban J connectivity index is 1.53. The molecule has 1 heterocycles. The summed E-state index contributed by atoms with van der Waals surface area (Å²) in [4.78, 5) is 25.8. The first kappa shape index (κ1) is 24.4. The van der Waals surface area contributed by atoms with Crippen LogP contribution in [0.15, 0.2) is 85.1 Å². The lowest BCUT2D eigenvalue weighted by Gasteiger charge is -2.13. The summed E-state index contributed by atoms with van der Waals surface area (Å²) >= 11 is 0. The zero-order chi connectivity index (χ0) is 24.3. The van der Waals surface area contributed by atoms with Crippen molar-refractivity contribution >= 4 is 17.3 Å². The fourth-order valence-electron chi connectivity index (χ4n) is 3.18. The van der Waals surface area contributed by atoms with E-state index in [2.05, 4.69) is 20.9 Å². The minimum atomic E-state index is -0.622. The first-order chi connectivity index (χ1) is 16.4. The summed E-state index contributed by atoms with van der Waals surface area (Å²) < 4.78 is 0. The highest BCUT2D eigenvalue weighted by Gasteiger charge is 2.08. The number of anilines is 2. The number of pyridine rings is 1. The van der Waals surface area contributed by atoms with Crippen LogP contribution in [0.3, 0.4) is 0 Å². The van der Waals surface area contributed by atoms with E-state index in [9.17, 15) is 20.0 Å². The molecule has 10 heteroatoms. The Hall–Kier alpha value is -4.28. The molecule has 1 aromatic heterocycles. The van der Waals surface area contributed by atoms with Crippen molar-refractivity contribution in [1.82, 2.24) is 10.3 Å². The summed E-state index contributed by atoms with van der Waals surface area (Å²) in [6.45, 7) is 1.09. The van der Waals surface area contributed by atoms with Crippen LogP contribution in [0.2, 0.25) is 0 Å². The third-order valence-corrected chi connectivity index (χ3v) is 4.89. The number of benzene rings is 2.